The Kier molecular flexibility index (Phi) is 4.21. The van der Waals surface area contributed by atoms with Crippen LogP contribution in [-0.4, -0.2) is 30.3 Å². The number of amides is 1. The largest absolute Gasteiger partial charge is 0.467 e. The molecule has 8 heteroatoms. The topological polar surface area (TPSA) is 99.9 Å². The molecule has 0 saturated carbocycles. The van der Waals surface area contributed by atoms with Gasteiger partial charge in [-0.1, -0.05) is 0 Å². The van der Waals surface area contributed by atoms with Crippen molar-refractivity contribution in [3.63, 3.8) is 0 Å². The molecule has 1 saturated heterocycles. The molecule has 3 rings (SSSR count). The molecule has 0 spiro atoms. The zero-order valence-electron chi connectivity index (χ0n) is 11.9. The lowest BCUT2D eigenvalue weighted by Crippen LogP contribution is -2.33. The van der Waals surface area contributed by atoms with Crippen molar-refractivity contribution in [2.45, 2.75) is 32.1 Å². The van der Waals surface area contributed by atoms with E-state index in [1.165, 1.54) is 12.1 Å². The van der Waals surface area contributed by atoms with Gasteiger partial charge in [0.15, 0.2) is 6.79 Å². The van der Waals surface area contributed by atoms with Crippen LogP contribution >= 0.6 is 0 Å². The molecular weight excluding hydrogens is 292 g/mol. The third-order valence-corrected chi connectivity index (χ3v) is 3.66. The molecular formula is C14H16N2O6. The van der Waals surface area contributed by atoms with Crippen LogP contribution in [0.2, 0.25) is 0 Å². The zero-order valence-corrected chi connectivity index (χ0v) is 11.9. The summed E-state index contributed by atoms with van der Waals surface area (Å²) in [7, 11) is 0. The molecule has 1 aromatic rings. The highest BCUT2D eigenvalue weighted by Crippen LogP contribution is 2.32. The Balaban J connectivity index is 1.77. The van der Waals surface area contributed by atoms with Crippen LogP contribution in [0.1, 0.15) is 24.0 Å². The second-order valence-corrected chi connectivity index (χ2v) is 5.18. The summed E-state index contributed by atoms with van der Waals surface area (Å²) >= 11 is 0. The number of hydrogen-bond donors (Lipinski definition) is 1. The monoisotopic (exact) mass is 308 g/mol. The summed E-state index contributed by atoms with van der Waals surface area (Å²) in [5, 5.41) is 13.8. The maximum absolute atomic E-state index is 12.0. The summed E-state index contributed by atoms with van der Waals surface area (Å²) in [6.07, 6.45) is 1.13. The number of benzene rings is 1. The summed E-state index contributed by atoms with van der Waals surface area (Å²) < 4.78 is 15.9. The standard InChI is InChI=1S/C14H16N2O6/c17-14(12-2-1-3-21-12)15-6-9-4-11(16(18)19)5-10-7-20-8-22-13(9)10/h4-5,12H,1-3,6-8H2,(H,15,17). The van der Waals surface area contributed by atoms with Crippen LogP contribution in [0, 0.1) is 10.1 Å². The Bertz CT molecular complexity index is 597. The van der Waals surface area contributed by atoms with E-state index in [0.717, 1.165) is 6.42 Å². The van der Waals surface area contributed by atoms with Crippen LogP contribution < -0.4 is 10.1 Å². The molecule has 8 nitrogen and oxygen atoms in total. The van der Waals surface area contributed by atoms with Gasteiger partial charge in [0.1, 0.15) is 11.9 Å². The van der Waals surface area contributed by atoms with Crippen LogP contribution in [0.4, 0.5) is 5.69 Å². The van der Waals surface area contributed by atoms with E-state index in [2.05, 4.69) is 5.32 Å². The molecule has 1 atom stereocenters. The van der Waals surface area contributed by atoms with Crippen molar-refractivity contribution >= 4 is 11.6 Å². The van der Waals surface area contributed by atoms with E-state index in [1.54, 1.807) is 0 Å². The van der Waals surface area contributed by atoms with Gasteiger partial charge in [-0.2, -0.15) is 0 Å². The van der Waals surface area contributed by atoms with E-state index in [0.29, 0.717) is 29.9 Å². The number of fused-ring (bicyclic) bond motifs is 1. The summed E-state index contributed by atoms with van der Waals surface area (Å²) in [5.74, 6) is 0.342. The summed E-state index contributed by atoms with van der Waals surface area (Å²) in [5.41, 5.74) is 1.13. The van der Waals surface area contributed by atoms with Gasteiger partial charge in [-0.15, -0.1) is 0 Å². The van der Waals surface area contributed by atoms with Gasteiger partial charge in [0.05, 0.1) is 11.5 Å². The van der Waals surface area contributed by atoms with E-state index < -0.39 is 11.0 Å². The molecule has 118 valence electrons. The van der Waals surface area contributed by atoms with Crippen LogP contribution in [-0.2, 0) is 27.4 Å². The van der Waals surface area contributed by atoms with Crippen molar-refractivity contribution in [2.24, 2.45) is 0 Å². The normalized spacial score (nSPS) is 20.1. The highest BCUT2D eigenvalue weighted by Gasteiger charge is 2.25. The molecule has 0 bridgehead atoms. The first-order chi connectivity index (χ1) is 10.6. The first kappa shape index (κ1) is 14.7. The number of ether oxygens (including phenoxy) is 3. The second kappa shape index (κ2) is 6.29. The fraction of sp³-hybridized carbons (Fsp3) is 0.500. The van der Waals surface area contributed by atoms with Gasteiger partial charge in [0, 0.05) is 36.4 Å². The molecule has 22 heavy (non-hydrogen) atoms. The number of carbonyl (C=O) groups excluding carboxylic acids is 1. The minimum atomic E-state index is -0.472. The number of nitrogens with zero attached hydrogens (tertiary/aromatic N) is 1. The number of nitrogens with one attached hydrogen (secondary N) is 1. The fourth-order valence-electron chi connectivity index (χ4n) is 2.60. The van der Waals surface area contributed by atoms with Gasteiger partial charge < -0.3 is 19.5 Å². The molecule has 0 aromatic heterocycles. The lowest BCUT2D eigenvalue weighted by molar-refractivity contribution is -0.385. The number of non-ortho nitro benzene ring substituents is 1. The molecule has 2 heterocycles. The molecule has 0 radical (unpaired) electrons. The van der Waals surface area contributed by atoms with Crippen molar-refractivity contribution in [3.05, 3.63) is 33.4 Å². The molecule has 2 aliphatic heterocycles. The maximum atomic E-state index is 12.0. The van der Waals surface area contributed by atoms with Crippen molar-refractivity contribution < 1.29 is 23.9 Å². The molecule has 1 amide bonds. The average molecular weight is 308 g/mol. The van der Waals surface area contributed by atoms with Gasteiger partial charge in [0.2, 0.25) is 5.91 Å². The molecule has 1 fully saturated rings. The smallest absolute Gasteiger partial charge is 0.270 e. The molecule has 1 aromatic carbocycles. The minimum Gasteiger partial charge on any atom is -0.467 e. The van der Waals surface area contributed by atoms with Gasteiger partial charge in [-0.05, 0) is 12.8 Å². The molecule has 1 unspecified atom stereocenters. The summed E-state index contributed by atoms with van der Waals surface area (Å²) in [6.45, 7) is 1.09. The fourth-order valence-corrected chi connectivity index (χ4v) is 2.60. The van der Waals surface area contributed by atoms with Crippen LogP contribution in [0.25, 0.3) is 0 Å². The third-order valence-electron chi connectivity index (χ3n) is 3.66. The SMILES string of the molecule is O=C(NCc1cc([N+](=O)[O-])cc2c1OCOC2)C1CCCO1. The van der Waals surface area contributed by atoms with Crippen LogP contribution in [0.5, 0.6) is 5.75 Å². The van der Waals surface area contributed by atoms with Crippen molar-refractivity contribution in [2.75, 3.05) is 13.4 Å². The first-order valence-electron chi connectivity index (χ1n) is 7.05. The highest BCUT2D eigenvalue weighted by molar-refractivity contribution is 5.81. The van der Waals surface area contributed by atoms with Crippen LogP contribution in [0.3, 0.4) is 0 Å². The number of carbonyl (C=O) groups is 1. The number of nitro groups is 1. The maximum Gasteiger partial charge on any atom is 0.270 e. The van der Waals surface area contributed by atoms with Crippen molar-refractivity contribution in [3.8, 4) is 5.75 Å². The van der Waals surface area contributed by atoms with Gasteiger partial charge in [0.25, 0.3) is 5.69 Å². The second-order valence-electron chi connectivity index (χ2n) is 5.18. The van der Waals surface area contributed by atoms with Gasteiger partial charge in [-0.3, -0.25) is 14.9 Å². The van der Waals surface area contributed by atoms with E-state index in [1.807, 2.05) is 0 Å². The Labute approximate surface area is 126 Å². The molecule has 2 aliphatic rings. The predicted octanol–water partition coefficient (Wildman–Crippen LogP) is 1.26. The zero-order chi connectivity index (χ0) is 15.5. The van der Waals surface area contributed by atoms with E-state index in [9.17, 15) is 14.9 Å². The number of nitro benzene ring substituents is 1. The molecule has 1 N–H and O–H groups in total. The van der Waals surface area contributed by atoms with E-state index in [4.69, 9.17) is 14.2 Å². The van der Waals surface area contributed by atoms with Crippen LogP contribution in [0.15, 0.2) is 12.1 Å². The third kappa shape index (κ3) is 3.02. The Morgan fingerprint density at radius 1 is 1.45 bits per heavy atom. The van der Waals surface area contributed by atoms with Gasteiger partial charge >= 0.3 is 0 Å². The Morgan fingerprint density at radius 2 is 2.32 bits per heavy atom. The Morgan fingerprint density at radius 3 is 3.05 bits per heavy atom. The average Bonchev–Trinajstić information content (AvgIpc) is 3.06. The molecule has 0 aliphatic carbocycles. The lowest BCUT2D eigenvalue weighted by Gasteiger charge is -2.21. The minimum absolute atomic E-state index is 0.0470. The number of hydrogen-bond acceptors (Lipinski definition) is 6. The first-order valence-corrected chi connectivity index (χ1v) is 7.05. The predicted molar refractivity (Wildman–Crippen MR) is 74.2 cm³/mol. The quantitative estimate of drug-likeness (QED) is 0.664. The van der Waals surface area contributed by atoms with E-state index in [-0.39, 0.29) is 31.5 Å². The summed E-state index contributed by atoms with van der Waals surface area (Å²) in [6, 6.07) is 2.85. The Hall–Kier alpha value is -2.19. The van der Waals surface area contributed by atoms with Crippen molar-refractivity contribution in [1.29, 1.82) is 0 Å². The van der Waals surface area contributed by atoms with Gasteiger partial charge in [-0.25, -0.2) is 0 Å². The summed E-state index contributed by atoms with van der Waals surface area (Å²) in [4.78, 5) is 22.5. The highest BCUT2D eigenvalue weighted by atomic mass is 16.7. The lowest BCUT2D eigenvalue weighted by atomic mass is 10.1. The van der Waals surface area contributed by atoms with E-state index >= 15 is 0 Å². The number of rotatable bonds is 4. The van der Waals surface area contributed by atoms with Crippen molar-refractivity contribution in [1.82, 2.24) is 5.32 Å².